The molecule has 0 saturated carbocycles. The van der Waals surface area contributed by atoms with Crippen LogP contribution in [0.15, 0.2) is 0 Å². The van der Waals surface area contributed by atoms with Crippen LogP contribution in [0.1, 0.15) is 81.1 Å². The van der Waals surface area contributed by atoms with Crippen molar-refractivity contribution in [1.82, 2.24) is 5.32 Å². The molecule has 4 unspecified atom stereocenters. The Morgan fingerprint density at radius 2 is 1.04 bits per heavy atom. The summed E-state index contributed by atoms with van der Waals surface area (Å²) in [6.45, 7) is 16.9. The zero-order chi connectivity index (χ0) is 19.2. The van der Waals surface area contributed by atoms with Crippen LogP contribution in [0.25, 0.3) is 0 Å². The third-order valence-electron chi connectivity index (χ3n) is 3.71. The van der Waals surface area contributed by atoms with Crippen LogP contribution in [0.3, 0.4) is 0 Å². The maximum atomic E-state index is 6.18. The molecular weight excluding hydrogens is 350 g/mol. The summed E-state index contributed by atoms with van der Waals surface area (Å²) in [7, 11) is -1.35. The Labute approximate surface area is 160 Å². The van der Waals surface area contributed by atoms with Crippen molar-refractivity contribution in [2.24, 2.45) is 0 Å². The average Bonchev–Trinajstić information content (AvgIpc) is 2.50. The molecule has 0 bridgehead atoms. The highest BCUT2D eigenvalue weighted by atomic mass is 28.2. The summed E-state index contributed by atoms with van der Waals surface area (Å²) in [5.41, 5.74) is 0.513. The van der Waals surface area contributed by atoms with Gasteiger partial charge in [0, 0.05) is 12.2 Å². The molecule has 5 nitrogen and oxygen atoms in total. The molecule has 0 aliphatic carbocycles. The van der Waals surface area contributed by atoms with Crippen molar-refractivity contribution in [1.29, 1.82) is 0 Å². The number of ether oxygens (including phenoxy) is 2. The van der Waals surface area contributed by atoms with E-state index in [1.807, 2.05) is 0 Å². The molecule has 0 fully saturated rings. The summed E-state index contributed by atoms with van der Waals surface area (Å²) in [6.07, 6.45) is 4.88. The maximum Gasteiger partial charge on any atom is 0.190 e. The van der Waals surface area contributed by atoms with Crippen molar-refractivity contribution in [3.63, 3.8) is 0 Å². The van der Waals surface area contributed by atoms with Crippen LogP contribution in [0.2, 0.25) is 0 Å². The summed E-state index contributed by atoms with van der Waals surface area (Å²) in [4.78, 5) is 0. The molecular formula is C18H43NO4Si2. The van der Waals surface area contributed by atoms with E-state index in [-0.39, 0.29) is 23.9 Å². The highest BCUT2D eigenvalue weighted by Crippen LogP contribution is 2.09. The topological polar surface area (TPSA) is 49.0 Å². The normalized spacial score (nSPS) is 18.0. The minimum atomic E-state index is -0.673. The van der Waals surface area contributed by atoms with Gasteiger partial charge in [-0.1, -0.05) is 26.7 Å². The Bertz CT molecular complexity index is 281. The molecule has 1 N–H and O–H groups in total. The lowest BCUT2D eigenvalue weighted by Gasteiger charge is -2.28. The third kappa shape index (κ3) is 15.0. The molecule has 7 heteroatoms. The first kappa shape index (κ1) is 25.2. The van der Waals surface area contributed by atoms with Crippen molar-refractivity contribution in [3.05, 3.63) is 0 Å². The molecule has 0 amide bonds. The summed E-state index contributed by atoms with van der Waals surface area (Å²) in [5, 5.41) is 3.42. The third-order valence-corrected chi connectivity index (χ3v) is 7.38. The lowest BCUT2D eigenvalue weighted by Crippen LogP contribution is -2.44. The summed E-state index contributed by atoms with van der Waals surface area (Å²) in [5.74, 6) is 0. The van der Waals surface area contributed by atoms with Crippen molar-refractivity contribution in [3.8, 4) is 0 Å². The Morgan fingerprint density at radius 1 is 0.680 bits per heavy atom. The molecule has 0 aliphatic rings. The van der Waals surface area contributed by atoms with Gasteiger partial charge in [-0.2, -0.15) is 0 Å². The molecule has 0 aromatic rings. The van der Waals surface area contributed by atoms with E-state index in [2.05, 4.69) is 60.7 Å². The van der Waals surface area contributed by atoms with Gasteiger partial charge in [-0.25, -0.2) is 0 Å². The van der Waals surface area contributed by atoms with Crippen molar-refractivity contribution < 1.29 is 18.3 Å². The second kappa shape index (κ2) is 15.3. The Hall–Kier alpha value is 0.234. The number of hydrogen-bond acceptors (Lipinski definition) is 5. The molecule has 0 aromatic carbocycles. The fraction of sp³-hybridized carbons (Fsp3) is 1.00. The second-order valence-corrected chi connectivity index (χ2v) is 10.5. The van der Waals surface area contributed by atoms with E-state index in [0.717, 1.165) is 25.7 Å². The van der Waals surface area contributed by atoms with Crippen LogP contribution in [-0.4, -0.2) is 55.6 Å². The first-order chi connectivity index (χ1) is 11.8. The van der Waals surface area contributed by atoms with Crippen LogP contribution in [0.4, 0.5) is 0 Å². The molecule has 0 spiro atoms. The van der Waals surface area contributed by atoms with E-state index >= 15 is 0 Å². The fourth-order valence-electron chi connectivity index (χ4n) is 2.61. The van der Waals surface area contributed by atoms with Crippen molar-refractivity contribution >= 4 is 19.5 Å². The van der Waals surface area contributed by atoms with Crippen LogP contribution >= 0.6 is 0 Å². The van der Waals surface area contributed by atoms with Gasteiger partial charge in [-0.15, -0.1) is 0 Å². The van der Waals surface area contributed by atoms with E-state index in [9.17, 15) is 0 Å². The summed E-state index contributed by atoms with van der Waals surface area (Å²) >= 11 is 0. The Balaban J connectivity index is 4.31. The lowest BCUT2D eigenvalue weighted by atomic mass is 10.3. The quantitative estimate of drug-likeness (QED) is 0.323. The summed E-state index contributed by atoms with van der Waals surface area (Å²) < 4.78 is 24.1. The predicted molar refractivity (Wildman–Crippen MR) is 111 cm³/mol. The van der Waals surface area contributed by atoms with Crippen LogP contribution in [-0.2, 0) is 18.3 Å². The molecule has 0 saturated heterocycles. The van der Waals surface area contributed by atoms with Gasteiger partial charge in [0.25, 0.3) is 0 Å². The first-order valence-electron chi connectivity index (χ1n) is 10.1. The van der Waals surface area contributed by atoms with Gasteiger partial charge in [-0.3, -0.25) is 5.32 Å². The van der Waals surface area contributed by atoms with Crippen LogP contribution in [0.5, 0.6) is 0 Å². The zero-order valence-electron chi connectivity index (χ0n) is 17.8. The predicted octanol–water partition coefficient (Wildman–Crippen LogP) is 2.57. The SMILES string of the molecule is CCCC(OC(C)NC(C)OC(CCC)[SiH2]OC(C)C)[SiH2]OC(C)C. The molecule has 4 atom stereocenters. The number of hydrogen-bond donors (Lipinski definition) is 1. The van der Waals surface area contributed by atoms with Gasteiger partial charge in [0.2, 0.25) is 0 Å². The highest BCUT2D eigenvalue weighted by Gasteiger charge is 2.19. The molecule has 0 radical (unpaired) electrons. The molecule has 152 valence electrons. The van der Waals surface area contributed by atoms with Gasteiger partial charge < -0.3 is 18.3 Å². The van der Waals surface area contributed by atoms with Gasteiger partial charge >= 0.3 is 0 Å². The fourth-order valence-corrected chi connectivity index (χ4v) is 5.69. The molecule has 0 rings (SSSR count). The highest BCUT2D eigenvalue weighted by molar-refractivity contribution is 6.29. The number of rotatable bonds is 16. The van der Waals surface area contributed by atoms with Crippen molar-refractivity contribution in [2.45, 2.75) is 117 Å². The van der Waals surface area contributed by atoms with Gasteiger partial charge in [-0.05, 0) is 54.4 Å². The minimum Gasteiger partial charge on any atom is -0.419 e. The molecule has 25 heavy (non-hydrogen) atoms. The molecule has 0 heterocycles. The monoisotopic (exact) mass is 393 g/mol. The standard InChI is InChI=1S/C18H43NO4Si2/c1-9-11-17(24-22-13(3)4)20-15(7)19-16(8)21-18(12-10-2)25-23-14(5)6/h13-19H,9-12,24-25H2,1-8H3. The van der Waals surface area contributed by atoms with Crippen LogP contribution < -0.4 is 5.32 Å². The minimum absolute atomic E-state index is 0.0372. The van der Waals surface area contributed by atoms with E-state index in [1.165, 1.54) is 0 Å². The van der Waals surface area contributed by atoms with Gasteiger partial charge in [0.15, 0.2) is 19.5 Å². The largest absolute Gasteiger partial charge is 0.419 e. The van der Waals surface area contributed by atoms with Gasteiger partial charge in [0.1, 0.15) is 12.5 Å². The van der Waals surface area contributed by atoms with Gasteiger partial charge in [0.05, 0.1) is 11.5 Å². The van der Waals surface area contributed by atoms with E-state index in [0.29, 0.717) is 12.2 Å². The first-order valence-corrected chi connectivity index (χ1v) is 12.9. The van der Waals surface area contributed by atoms with Crippen LogP contribution in [0, 0.1) is 0 Å². The summed E-state index contributed by atoms with van der Waals surface area (Å²) in [6, 6.07) is 0. The average molecular weight is 394 g/mol. The van der Waals surface area contributed by atoms with E-state index in [1.54, 1.807) is 0 Å². The lowest BCUT2D eigenvalue weighted by molar-refractivity contribution is -0.0587. The molecule has 0 aliphatic heterocycles. The van der Waals surface area contributed by atoms with E-state index in [4.69, 9.17) is 18.3 Å². The Kier molecular flexibility index (Phi) is 15.5. The smallest absolute Gasteiger partial charge is 0.190 e. The Morgan fingerprint density at radius 3 is 1.32 bits per heavy atom. The zero-order valence-corrected chi connectivity index (χ0v) is 20.7. The number of nitrogens with one attached hydrogen (secondary N) is 1. The molecule has 0 aromatic heterocycles. The second-order valence-electron chi connectivity index (χ2n) is 7.31. The van der Waals surface area contributed by atoms with E-state index < -0.39 is 19.5 Å². The van der Waals surface area contributed by atoms with Crippen molar-refractivity contribution in [2.75, 3.05) is 0 Å². The maximum absolute atomic E-state index is 6.18.